The number of nitrogens with zero attached hydrogens (tertiary/aromatic N) is 1. The molecule has 0 bridgehead atoms. The number of carboxylic acids is 1. The van der Waals surface area contributed by atoms with E-state index in [9.17, 15) is 29.1 Å². The third-order valence-corrected chi connectivity index (χ3v) is 5.16. The number of para-hydroxylation sites is 1. The number of fused-ring (bicyclic) bond motifs is 1. The number of hydrogen-bond donors (Lipinski definition) is 0. The average molecular weight is 443 g/mol. The minimum absolute atomic E-state index is 0. The van der Waals surface area contributed by atoms with Crippen molar-refractivity contribution in [2.75, 3.05) is 6.61 Å². The molecule has 0 aromatic heterocycles. The number of rotatable bonds is 6. The van der Waals surface area contributed by atoms with Crippen LogP contribution in [-0.2, 0) is 23.9 Å². The molecule has 0 N–H and O–H groups in total. The second kappa shape index (κ2) is 9.65. The second-order valence-corrected chi connectivity index (χ2v) is 7.27. The maximum absolute atomic E-state index is 12.5. The van der Waals surface area contributed by atoms with Gasteiger partial charge in [-0.25, -0.2) is 4.79 Å². The van der Waals surface area contributed by atoms with E-state index in [1.54, 1.807) is 0 Å². The van der Waals surface area contributed by atoms with Crippen LogP contribution in [0.25, 0.3) is 0 Å². The molecule has 2 heterocycles. The maximum Gasteiger partial charge on any atom is 1.00 e. The molecule has 30 heavy (non-hydrogen) atoms. The zero-order chi connectivity index (χ0) is 21.3. The van der Waals surface area contributed by atoms with Crippen LogP contribution in [0.1, 0.15) is 30.6 Å². The van der Waals surface area contributed by atoms with Gasteiger partial charge in [0.25, 0.3) is 0 Å². The SMILES string of the molecule is CC(=O)Oc1cccc(C(=O)OCC2=C(C(=O)[O-])N3C(=O)C[C@H]3S2)c1OC(C)=O.[Na+]. The summed E-state index contributed by atoms with van der Waals surface area (Å²) in [5.74, 6) is -4.74. The Labute approximate surface area is 196 Å². The number of esters is 3. The fraction of sp³-hybridized carbons (Fsp3) is 0.278. The van der Waals surface area contributed by atoms with Gasteiger partial charge in [-0.1, -0.05) is 17.8 Å². The van der Waals surface area contributed by atoms with Crippen LogP contribution in [0.2, 0.25) is 0 Å². The van der Waals surface area contributed by atoms with Gasteiger partial charge < -0.3 is 24.1 Å². The summed E-state index contributed by atoms with van der Waals surface area (Å²) in [4.78, 5) is 59.4. The van der Waals surface area contributed by atoms with Crippen LogP contribution in [-0.4, -0.2) is 46.7 Å². The van der Waals surface area contributed by atoms with E-state index in [2.05, 4.69) is 0 Å². The van der Waals surface area contributed by atoms with Gasteiger partial charge in [-0.15, -0.1) is 0 Å². The van der Waals surface area contributed by atoms with E-state index in [0.717, 1.165) is 30.5 Å². The standard InChI is InChI=1S/C18H15NO9S.Na/c1-8(20)27-11-5-3-4-10(16(11)28-9(2)21)18(25)26-7-12-15(17(23)24)19-13(22)6-14(19)29-12;/h3-5,14H,6-7H2,1-2H3,(H,23,24);/q;+1/p-1/t14-;/m1./s1. The number of carbonyl (C=O) groups excluding carboxylic acids is 5. The van der Waals surface area contributed by atoms with Gasteiger partial charge in [-0.3, -0.25) is 19.3 Å². The molecule has 1 aromatic carbocycles. The summed E-state index contributed by atoms with van der Waals surface area (Å²) in [6.07, 6.45) is 0.180. The number of benzene rings is 1. The Hall–Kier alpha value is -2.34. The van der Waals surface area contributed by atoms with Crippen molar-refractivity contribution < 1.29 is 72.8 Å². The van der Waals surface area contributed by atoms with Crippen molar-refractivity contribution in [2.24, 2.45) is 0 Å². The number of ether oxygens (including phenoxy) is 3. The zero-order valence-electron chi connectivity index (χ0n) is 16.3. The van der Waals surface area contributed by atoms with Crippen LogP contribution in [0.3, 0.4) is 0 Å². The second-order valence-electron chi connectivity index (χ2n) is 6.00. The van der Waals surface area contributed by atoms with Gasteiger partial charge in [0, 0.05) is 13.8 Å². The predicted molar refractivity (Wildman–Crippen MR) is 94.2 cm³/mol. The molecular formula is C18H14NNaO9S. The summed E-state index contributed by atoms with van der Waals surface area (Å²) in [7, 11) is 0. The van der Waals surface area contributed by atoms with Crippen LogP contribution in [0, 0.1) is 0 Å². The molecule has 1 atom stereocenters. The minimum Gasteiger partial charge on any atom is -0.543 e. The van der Waals surface area contributed by atoms with E-state index in [-0.39, 0.29) is 74.9 Å². The van der Waals surface area contributed by atoms with E-state index < -0.39 is 30.5 Å². The number of carboxylic acid groups (broad SMARTS) is 1. The van der Waals surface area contributed by atoms with Gasteiger partial charge in [0.1, 0.15) is 12.2 Å². The van der Waals surface area contributed by atoms with Crippen molar-refractivity contribution in [1.82, 2.24) is 4.90 Å². The Morgan fingerprint density at radius 2 is 1.83 bits per heavy atom. The molecule has 1 saturated heterocycles. The van der Waals surface area contributed by atoms with Crippen LogP contribution < -0.4 is 44.1 Å². The molecule has 1 aromatic rings. The van der Waals surface area contributed by atoms with Gasteiger partial charge in [0.2, 0.25) is 5.91 Å². The van der Waals surface area contributed by atoms with Gasteiger partial charge in [0.05, 0.1) is 28.4 Å². The summed E-state index contributed by atoms with van der Waals surface area (Å²) < 4.78 is 15.1. The first-order valence-corrected chi connectivity index (χ1v) is 9.17. The topological polar surface area (TPSA) is 139 Å². The Morgan fingerprint density at radius 3 is 2.40 bits per heavy atom. The molecule has 1 amide bonds. The molecule has 0 aliphatic carbocycles. The fourth-order valence-electron chi connectivity index (χ4n) is 2.79. The Morgan fingerprint density at radius 1 is 1.17 bits per heavy atom. The van der Waals surface area contributed by atoms with Crippen molar-refractivity contribution >= 4 is 41.5 Å². The van der Waals surface area contributed by atoms with E-state index in [0.29, 0.717) is 0 Å². The average Bonchev–Trinajstić information content (AvgIpc) is 2.92. The van der Waals surface area contributed by atoms with Crippen LogP contribution in [0.4, 0.5) is 0 Å². The monoisotopic (exact) mass is 443 g/mol. The Bertz CT molecular complexity index is 974. The fourth-order valence-corrected chi connectivity index (χ4v) is 4.09. The molecule has 0 saturated carbocycles. The summed E-state index contributed by atoms with van der Waals surface area (Å²) in [5, 5.41) is 11.0. The van der Waals surface area contributed by atoms with Crippen molar-refractivity contribution in [3.05, 3.63) is 34.4 Å². The van der Waals surface area contributed by atoms with Gasteiger partial charge >= 0.3 is 47.5 Å². The van der Waals surface area contributed by atoms with E-state index in [1.807, 2.05) is 0 Å². The Balaban J connectivity index is 0.00000320. The molecule has 10 nitrogen and oxygen atoms in total. The van der Waals surface area contributed by atoms with Crippen molar-refractivity contribution in [3.8, 4) is 11.5 Å². The number of carbonyl (C=O) groups is 5. The first-order chi connectivity index (χ1) is 13.7. The minimum atomic E-state index is -1.54. The summed E-state index contributed by atoms with van der Waals surface area (Å²) in [6.45, 7) is 1.82. The van der Waals surface area contributed by atoms with Crippen LogP contribution in [0.15, 0.2) is 28.8 Å². The molecule has 2 aliphatic heterocycles. The molecule has 0 radical (unpaired) electrons. The summed E-state index contributed by atoms with van der Waals surface area (Å²) >= 11 is 1.10. The third-order valence-electron chi connectivity index (χ3n) is 3.92. The smallest absolute Gasteiger partial charge is 0.543 e. The van der Waals surface area contributed by atoms with Gasteiger partial charge in [0.15, 0.2) is 11.5 Å². The van der Waals surface area contributed by atoms with Crippen molar-refractivity contribution in [3.63, 3.8) is 0 Å². The molecule has 12 heteroatoms. The Kier molecular flexibility index (Phi) is 7.70. The molecule has 2 aliphatic rings. The number of thioether (sulfide) groups is 1. The van der Waals surface area contributed by atoms with E-state index in [1.165, 1.54) is 18.2 Å². The van der Waals surface area contributed by atoms with E-state index in [4.69, 9.17) is 14.2 Å². The first kappa shape index (κ1) is 23.9. The quantitative estimate of drug-likeness (QED) is 0.193. The molecule has 0 spiro atoms. The van der Waals surface area contributed by atoms with Crippen LogP contribution in [0.5, 0.6) is 11.5 Å². The number of hydrogen-bond acceptors (Lipinski definition) is 10. The van der Waals surface area contributed by atoms with E-state index >= 15 is 0 Å². The van der Waals surface area contributed by atoms with Gasteiger partial charge in [-0.2, -0.15) is 0 Å². The molecule has 152 valence electrons. The largest absolute Gasteiger partial charge is 1.00 e. The van der Waals surface area contributed by atoms with Crippen molar-refractivity contribution in [1.29, 1.82) is 0 Å². The summed E-state index contributed by atoms with van der Waals surface area (Å²) in [5.41, 5.74) is -0.519. The number of aliphatic carboxylic acids is 1. The number of amides is 1. The maximum atomic E-state index is 12.5. The zero-order valence-corrected chi connectivity index (χ0v) is 19.1. The first-order valence-electron chi connectivity index (χ1n) is 8.29. The molecular weight excluding hydrogens is 429 g/mol. The third kappa shape index (κ3) is 4.86. The normalized spacial score (nSPS) is 16.8. The summed E-state index contributed by atoms with van der Waals surface area (Å²) in [6, 6.07) is 4.01. The van der Waals surface area contributed by atoms with Crippen molar-refractivity contribution in [2.45, 2.75) is 25.6 Å². The molecule has 1 fully saturated rings. The number of β-lactam (4-membered cyclic amide) rings is 1. The van der Waals surface area contributed by atoms with Crippen LogP contribution >= 0.6 is 11.8 Å². The van der Waals surface area contributed by atoms with Gasteiger partial charge in [-0.05, 0) is 12.1 Å². The molecule has 3 rings (SSSR count). The predicted octanol–water partition coefficient (Wildman–Crippen LogP) is -3.04. The molecule has 0 unspecified atom stereocenters.